The minimum Gasteiger partial charge on any atom is -0.840 e. The summed E-state index contributed by atoms with van der Waals surface area (Å²) >= 11 is 0. The van der Waals surface area contributed by atoms with Crippen LogP contribution in [0.2, 0.25) is 0 Å². The standard InChI is InChI=1S/C13H16N2O/c1-10-6-4-5-7-11(10)12(16)13-14(2)8-9-15(13)3/h4-9,12H,1-3H3. The van der Waals surface area contributed by atoms with Gasteiger partial charge in [0, 0.05) is 6.10 Å². The van der Waals surface area contributed by atoms with E-state index in [0.717, 1.165) is 17.0 Å². The topological polar surface area (TPSA) is 31.9 Å². The zero-order chi connectivity index (χ0) is 11.7. The molecule has 0 aliphatic rings. The van der Waals surface area contributed by atoms with Gasteiger partial charge in [0.05, 0.1) is 14.1 Å². The summed E-state index contributed by atoms with van der Waals surface area (Å²) in [4.78, 5) is 0. The zero-order valence-corrected chi connectivity index (χ0v) is 9.84. The van der Waals surface area contributed by atoms with Crippen molar-refractivity contribution in [2.75, 3.05) is 0 Å². The predicted molar refractivity (Wildman–Crippen MR) is 59.6 cm³/mol. The molecule has 0 aliphatic carbocycles. The normalized spacial score (nSPS) is 12.8. The third kappa shape index (κ3) is 1.74. The third-order valence-electron chi connectivity index (χ3n) is 2.94. The average molecular weight is 216 g/mol. The van der Waals surface area contributed by atoms with Crippen LogP contribution in [0.15, 0.2) is 36.7 Å². The number of benzene rings is 1. The molecule has 0 aliphatic heterocycles. The first-order valence-electron chi connectivity index (χ1n) is 5.33. The summed E-state index contributed by atoms with van der Waals surface area (Å²) in [6.07, 6.45) is 2.97. The molecule has 1 unspecified atom stereocenters. The van der Waals surface area contributed by atoms with E-state index in [0.29, 0.717) is 0 Å². The van der Waals surface area contributed by atoms with Crippen molar-refractivity contribution in [2.24, 2.45) is 14.1 Å². The van der Waals surface area contributed by atoms with Gasteiger partial charge < -0.3 is 5.11 Å². The van der Waals surface area contributed by atoms with Gasteiger partial charge in [0.2, 0.25) is 5.82 Å². The highest BCUT2D eigenvalue weighted by molar-refractivity contribution is 5.30. The molecule has 84 valence electrons. The summed E-state index contributed by atoms with van der Waals surface area (Å²) < 4.78 is 3.76. The Balaban J connectivity index is 2.47. The molecule has 0 bridgehead atoms. The van der Waals surface area contributed by atoms with Crippen LogP contribution in [-0.2, 0) is 14.1 Å². The van der Waals surface area contributed by atoms with Gasteiger partial charge in [-0.05, 0) is 18.1 Å². The van der Waals surface area contributed by atoms with Crippen molar-refractivity contribution in [2.45, 2.75) is 13.0 Å². The molecule has 3 heteroatoms. The molecule has 0 fully saturated rings. The molecule has 1 aromatic carbocycles. The minimum atomic E-state index is -0.828. The Labute approximate surface area is 95.6 Å². The maximum absolute atomic E-state index is 12.4. The second kappa shape index (κ2) is 4.10. The number of aryl methyl sites for hydroxylation is 3. The van der Waals surface area contributed by atoms with E-state index in [2.05, 4.69) is 0 Å². The van der Waals surface area contributed by atoms with E-state index in [1.807, 2.05) is 66.8 Å². The summed E-state index contributed by atoms with van der Waals surface area (Å²) in [5.74, 6) is 0.773. The Morgan fingerprint density at radius 1 is 1.31 bits per heavy atom. The van der Waals surface area contributed by atoms with E-state index in [1.54, 1.807) is 0 Å². The van der Waals surface area contributed by atoms with Crippen LogP contribution < -0.4 is 9.67 Å². The second-order valence-electron chi connectivity index (χ2n) is 4.11. The number of imidazole rings is 1. The molecule has 3 nitrogen and oxygen atoms in total. The van der Waals surface area contributed by atoms with Gasteiger partial charge in [-0.25, -0.2) is 9.13 Å². The van der Waals surface area contributed by atoms with Gasteiger partial charge in [-0.3, -0.25) is 0 Å². The Bertz CT molecular complexity index is 483. The van der Waals surface area contributed by atoms with Crippen molar-refractivity contribution in [3.8, 4) is 0 Å². The molecule has 2 aromatic rings. The van der Waals surface area contributed by atoms with Crippen LogP contribution in [0, 0.1) is 6.92 Å². The van der Waals surface area contributed by atoms with Crippen LogP contribution in [0.25, 0.3) is 0 Å². The summed E-state index contributed by atoms with van der Waals surface area (Å²) in [5.41, 5.74) is 1.89. The van der Waals surface area contributed by atoms with E-state index in [1.165, 1.54) is 0 Å². The van der Waals surface area contributed by atoms with Crippen LogP contribution >= 0.6 is 0 Å². The van der Waals surface area contributed by atoms with Gasteiger partial charge in [0.25, 0.3) is 0 Å². The number of aromatic nitrogens is 2. The molecule has 0 radical (unpaired) electrons. The third-order valence-corrected chi connectivity index (χ3v) is 2.94. The van der Waals surface area contributed by atoms with Crippen molar-refractivity contribution in [3.05, 3.63) is 53.6 Å². The molecule has 1 heterocycles. The molecular formula is C13H16N2O. The van der Waals surface area contributed by atoms with Gasteiger partial charge >= 0.3 is 0 Å². The smallest absolute Gasteiger partial charge is 0.246 e. The van der Waals surface area contributed by atoms with Crippen molar-refractivity contribution >= 4 is 0 Å². The number of hydrogen-bond acceptors (Lipinski definition) is 1. The predicted octanol–water partition coefficient (Wildman–Crippen LogP) is 0.608. The first kappa shape index (κ1) is 10.9. The summed E-state index contributed by atoms with van der Waals surface area (Å²) in [6, 6.07) is 7.75. The SMILES string of the molecule is Cc1ccccc1C([O-])c1n(C)cc[n+]1C. The van der Waals surface area contributed by atoms with Crippen LogP contribution in [-0.4, -0.2) is 4.57 Å². The minimum absolute atomic E-state index is 0.773. The molecule has 0 saturated heterocycles. The fraction of sp³-hybridized carbons (Fsp3) is 0.308. The van der Waals surface area contributed by atoms with Gasteiger partial charge in [0.15, 0.2) is 0 Å². The van der Waals surface area contributed by atoms with E-state index < -0.39 is 6.10 Å². The zero-order valence-electron chi connectivity index (χ0n) is 9.84. The Morgan fingerprint density at radius 3 is 2.56 bits per heavy atom. The van der Waals surface area contributed by atoms with Crippen molar-refractivity contribution in [1.82, 2.24) is 4.57 Å². The molecule has 0 N–H and O–H groups in total. The lowest BCUT2D eigenvalue weighted by molar-refractivity contribution is -0.691. The van der Waals surface area contributed by atoms with E-state index in [-0.39, 0.29) is 0 Å². The van der Waals surface area contributed by atoms with Gasteiger partial charge in [-0.15, -0.1) is 0 Å². The fourth-order valence-corrected chi connectivity index (χ4v) is 1.99. The maximum Gasteiger partial charge on any atom is 0.246 e. The molecular weight excluding hydrogens is 200 g/mol. The van der Waals surface area contributed by atoms with E-state index in [9.17, 15) is 5.11 Å². The Kier molecular flexibility index (Phi) is 2.79. The average Bonchev–Trinajstić information content (AvgIpc) is 2.58. The van der Waals surface area contributed by atoms with E-state index in [4.69, 9.17) is 0 Å². The second-order valence-corrected chi connectivity index (χ2v) is 4.11. The molecule has 0 amide bonds. The van der Waals surface area contributed by atoms with Crippen LogP contribution in [0.5, 0.6) is 0 Å². The molecule has 0 saturated carbocycles. The first-order valence-corrected chi connectivity index (χ1v) is 5.33. The molecule has 16 heavy (non-hydrogen) atoms. The van der Waals surface area contributed by atoms with Crippen LogP contribution in [0.4, 0.5) is 0 Å². The van der Waals surface area contributed by atoms with Crippen LogP contribution in [0.1, 0.15) is 23.1 Å². The number of rotatable bonds is 2. The molecule has 0 spiro atoms. The monoisotopic (exact) mass is 216 g/mol. The lowest BCUT2D eigenvalue weighted by Crippen LogP contribution is -2.38. The lowest BCUT2D eigenvalue weighted by Gasteiger charge is -2.21. The Morgan fingerprint density at radius 2 is 2.00 bits per heavy atom. The van der Waals surface area contributed by atoms with Gasteiger partial charge in [-0.1, -0.05) is 24.3 Å². The van der Waals surface area contributed by atoms with Crippen molar-refractivity contribution < 1.29 is 9.67 Å². The highest BCUT2D eigenvalue weighted by atomic mass is 16.3. The fourth-order valence-electron chi connectivity index (χ4n) is 1.99. The molecule has 1 atom stereocenters. The Hall–Kier alpha value is -1.61. The van der Waals surface area contributed by atoms with Crippen molar-refractivity contribution in [1.29, 1.82) is 0 Å². The molecule has 1 aromatic heterocycles. The van der Waals surface area contributed by atoms with Gasteiger partial charge in [0.1, 0.15) is 12.4 Å². The summed E-state index contributed by atoms with van der Waals surface area (Å²) in [7, 11) is 3.80. The largest absolute Gasteiger partial charge is 0.840 e. The molecule has 2 rings (SSSR count). The van der Waals surface area contributed by atoms with Crippen LogP contribution in [0.3, 0.4) is 0 Å². The van der Waals surface area contributed by atoms with Gasteiger partial charge in [-0.2, -0.15) is 0 Å². The highest BCUT2D eigenvalue weighted by Gasteiger charge is 2.17. The summed E-state index contributed by atoms with van der Waals surface area (Å²) in [5, 5.41) is 12.4. The van der Waals surface area contributed by atoms with Crippen molar-refractivity contribution in [3.63, 3.8) is 0 Å². The number of hydrogen-bond donors (Lipinski definition) is 0. The lowest BCUT2D eigenvalue weighted by atomic mass is 10.0. The first-order chi connectivity index (χ1) is 7.61. The highest BCUT2D eigenvalue weighted by Crippen LogP contribution is 2.19. The van der Waals surface area contributed by atoms with E-state index >= 15 is 0 Å². The maximum atomic E-state index is 12.4. The summed E-state index contributed by atoms with van der Waals surface area (Å²) in [6.45, 7) is 1.98. The quantitative estimate of drug-likeness (QED) is 0.677. The number of nitrogens with zero attached hydrogens (tertiary/aromatic N) is 2.